The normalized spacial score (nSPS) is 33.3. The van der Waals surface area contributed by atoms with E-state index in [1.807, 2.05) is 0 Å². The molecule has 0 bridgehead atoms. The molecule has 1 fully saturated rings. The van der Waals surface area contributed by atoms with E-state index >= 15 is 0 Å². The van der Waals surface area contributed by atoms with Crippen molar-refractivity contribution < 1.29 is 24.6 Å². The Morgan fingerprint density at radius 3 is 2.57 bits per heavy atom. The highest BCUT2D eigenvalue weighted by Crippen LogP contribution is 2.29. The van der Waals surface area contributed by atoms with Crippen molar-refractivity contribution in [1.82, 2.24) is 4.90 Å². The van der Waals surface area contributed by atoms with Crippen molar-refractivity contribution in [2.24, 2.45) is 0 Å². The average Bonchev–Trinajstić information content (AvgIpc) is 2.58. The van der Waals surface area contributed by atoms with Crippen LogP contribution in [0.5, 0.6) is 0 Å². The van der Waals surface area contributed by atoms with E-state index in [2.05, 4.69) is 15.9 Å². The third kappa shape index (κ3) is 4.51. The third-order valence-corrected chi connectivity index (χ3v) is 2.73. The number of piperazine rings is 1. The van der Waals surface area contributed by atoms with E-state index in [4.69, 9.17) is 31.4 Å². The SMILES string of the molecule is [2H]c1c([2H])c(N2C([2H])([2H])C([2H])([2H])N(C(=O)OC(C)(C)C)C([2H])([2H])C2([2H])[2H])c(Cl)c([2H])c1Br. The van der Waals surface area contributed by atoms with Gasteiger partial charge < -0.3 is 14.5 Å². The summed E-state index contributed by atoms with van der Waals surface area (Å²) in [5, 5.41) is -0.706. The van der Waals surface area contributed by atoms with Gasteiger partial charge in [-0.3, -0.25) is 0 Å². The molecule has 1 aliphatic rings. The van der Waals surface area contributed by atoms with Crippen LogP contribution in [0.3, 0.4) is 0 Å². The molecule has 116 valence electrons. The minimum Gasteiger partial charge on any atom is -0.444 e. The van der Waals surface area contributed by atoms with E-state index in [0.29, 0.717) is 0 Å². The lowest BCUT2D eigenvalue weighted by molar-refractivity contribution is 0.0240. The van der Waals surface area contributed by atoms with Crippen LogP contribution in [0, 0.1) is 0 Å². The Hall–Kier alpha value is -0.940. The molecule has 1 aromatic rings. The number of halogens is 2. The maximum absolute atomic E-state index is 12.7. The molecule has 4 nitrogen and oxygen atoms in total. The monoisotopic (exact) mass is 385 g/mol. The Balaban J connectivity index is 2.89. The summed E-state index contributed by atoms with van der Waals surface area (Å²) in [6, 6.07) is -2.15. The Bertz CT molecular complexity index is 911. The average molecular weight is 387 g/mol. The Morgan fingerprint density at radius 1 is 1.38 bits per heavy atom. The lowest BCUT2D eigenvalue weighted by Crippen LogP contribution is -2.50. The standard InChI is InChI=1S/C15H20BrClN2O2/c1-15(2,3)21-14(20)19-8-6-18(7-9-19)13-5-4-11(16)10-12(13)17/h4-5,10H,6-9H2,1-3H3/i4D,5D,6D2,7D2,8D2,9D2,10D. The van der Waals surface area contributed by atoms with Gasteiger partial charge in [0.05, 0.1) is 25.8 Å². The van der Waals surface area contributed by atoms with Crippen molar-refractivity contribution in [1.29, 1.82) is 0 Å². The maximum Gasteiger partial charge on any atom is 0.410 e. The fourth-order valence-corrected chi connectivity index (χ4v) is 1.91. The summed E-state index contributed by atoms with van der Waals surface area (Å²) in [6.45, 7) is -9.95. The summed E-state index contributed by atoms with van der Waals surface area (Å²) in [4.78, 5) is 12.3. The first-order valence-corrected chi connectivity index (χ1v) is 7.00. The fraction of sp³-hybridized carbons (Fsp3) is 0.533. The van der Waals surface area contributed by atoms with Crippen LogP contribution in [0.25, 0.3) is 0 Å². The number of amides is 1. The molecular weight excluding hydrogens is 356 g/mol. The van der Waals surface area contributed by atoms with Crippen molar-refractivity contribution in [2.75, 3.05) is 30.9 Å². The predicted octanol–water partition coefficient (Wildman–Crippen LogP) is 4.16. The van der Waals surface area contributed by atoms with E-state index in [-0.39, 0.29) is 14.3 Å². The molecule has 6 heteroatoms. The molecule has 0 saturated carbocycles. The number of hydrogen-bond acceptors (Lipinski definition) is 3. The summed E-state index contributed by atoms with van der Waals surface area (Å²) in [5.74, 6) is 0. The smallest absolute Gasteiger partial charge is 0.410 e. The number of rotatable bonds is 1. The quantitative estimate of drug-likeness (QED) is 0.726. The molecule has 0 radical (unpaired) electrons. The molecule has 0 spiro atoms. The molecule has 0 N–H and O–H groups in total. The van der Waals surface area contributed by atoms with Crippen LogP contribution in [0.1, 0.15) is 35.8 Å². The summed E-state index contributed by atoms with van der Waals surface area (Å²) in [5.41, 5.74) is -2.14. The van der Waals surface area contributed by atoms with Gasteiger partial charge in [-0.15, -0.1) is 0 Å². The highest BCUT2D eigenvalue weighted by atomic mass is 79.9. The molecular formula is C15H20BrClN2O2. The van der Waals surface area contributed by atoms with Gasteiger partial charge in [-0.2, -0.15) is 0 Å². The van der Waals surface area contributed by atoms with Crippen LogP contribution in [-0.4, -0.2) is 42.6 Å². The van der Waals surface area contributed by atoms with Gasteiger partial charge in [0, 0.05) is 30.5 Å². The zero-order chi connectivity index (χ0) is 25.4. The van der Waals surface area contributed by atoms with Crippen LogP contribution in [0.15, 0.2) is 22.6 Å². The Morgan fingerprint density at radius 2 is 2.00 bits per heavy atom. The van der Waals surface area contributed by atoms with Gasteiger partial charge in [0.1, 0.15) is 5.60 Å². The third-order valence-electron chi connectivity index (χ3n) is 2.06. The van der Waals surface area contributed by atoms with Crippen molar-refractivity contribution in [3.63, 3.8) is 0 Å². The van der Waals surface area contributed by atoms with E-state index < -0.39 is 66.5 Å². The molecule has 1 aromatic carbocycles. The first kappa shape index (κ1) is 7.09. The Kier molecular flexibility index (Phi) is 2.18. The highest BCUT2D eigenvalue weighted by Gasteiger charge is 2.26. The van der Waals surface area contributed by atoms with Gasteiger partial charge in [0.15, 0.2) is 0 Å². The summed E-state index contributed by atoms with van der Waals surface area (Å²) in [6.07, 6.45) is -1.64. The number of ether oxygens (including phenoxy) is 1. The number of benzene rings is 1. The topological polar surface area (TPSA) is 32.8 Å². The molecule has 1 heterocycles. The van der Waals surface area contributed by atoms with Crippen molar-refractivity contribution >= 4 is 39.3 Å². The highest BCUT2D eigenvalue weighted by molar-refractivity contribution is 9.10. The van der Waals surface area contributed by atoms with E-state index in [1.54, 1.807) is 0 Å². The van der Waals surface area contributed by atoms with E-state index in [9.17, 15) is 4.79 Å². The Labute approximate surface area is 154 Å². The second kappa shape index (κ2) is 6.44. The lowest BCUT2D eigenvalue weighted by Gasteiger charge is -2.37. The first-order chi connectivity index (χ1) is 14.0. The molecule has 21 heavy (non-hydrogen) atoms. The van der Waals surface area contributed by atoms with Crippen LogP contribution < -0.4 is 4.90 Å². The number of hydrogen-bond donors (Lipinski definition) is 0. The molecule has 2 rings (SSSR count). The van der Waals surface area contributed by atoms with Crippen LogP contribution in [-0.2, 0) is 4.74 Å². The van der Waals surface area contributed by atoms with Crippen LogP contribution in [0.4, 0.5) is 10.5 Å². The number of anilines is 1. The van der Waals surface area contributed by atoms with Gasteiger partial charge in [0.25, 0.3) is 0 Å². The summed E-state index contributed by atoms with van der Waals surface area (Å²) < 4.78 is 95.5. The molecule has 0 atom stereocenters. The number of carbonyl (C=O) groups excluding carboxylic acids is 1. The van der Waals surface area contributed by atoms with Gasteiger partial charge in [-0.25, -0.2) is 4.79 Å². The molecule has 1 amide bonds. The predicted molar refractivity (Wildman–Crippen MR) is 89.2 cm³/mol. The van der Waals surface area contributed by atoms with E-state index in [0.717, 1.165) is 0 Å². The van der Waals surface area contributed by atoms with Gasteiger partial charge >= 0.3 is 6.09 Å². The molecule has 0 unspecified atom stereocenters. The van der Waals surface area contributed by atoms with Crippen LogP contribution in [0.2, 0.25) is 5.02 Å². The molecule has 1 saturated heterocycles. The van der Waals surface area contributed by atoms with Crippen molar-refractivity contribution in [3.05, 3.63) is 27.6 Å². The van der Waals surface area contributed by atoms with Crippen molar-refractivity contribution in [2.45, 2.75) is 26.4 Å². The molecule has 0 aliphatic carbocycles. The molecule has 0 aromatic heterocycles. The van der Waals surface area contributed by atoms with Crippen molar-refractivity contribution in [3.8, 4) is 0 Å². The second-order valence-corrected chi connectivity index (χ2v) is 6.12. The van der Waals surface area contributed by atoms with E-state index in [1.165, 1.54) is 20.8 Å². The second-order valence-electron chi connectivity index (χ2n) is 4.95. The lowest BCUT2D eigenvalue weighted by atomic mass is 10.2. The van der Waals surface area contributed by atoms with Gasteiger partial charge in [0.2, 0.25) is 0 Å². The molecule has 1 aliphatic heterocycles. The summed E-state index contributed by atoms with van der Waals surface area (Å²) in [7, 11) is 0. The van der Waals surface area contributed by atoms with Gasteiger partial charge in [-0.05, 0) is 38.9 Å². The van der Waals surface area contributed by atoms with Crippen LogP contribution >= 0.6 is 27.5 Å². The first-order valence-electron chi connectivity index (χ1n) is 11.3. The minimum absolute atomic E-state index is 0.0615. The number of nitrogens with zero attached hydrogens (tertiary/aromatic N) is 2. The maximum atomic E-state index is 12.7. The largest absolute Gasteiger partial charge is 0.444 e. The zero-order valence-electron chi connectivity index (χ0n) is 22.5. The number of carbonyl (C=O) groups is 1. The summed E-state index contributed by atoms with van der Waals surface area (Å²) >= 11 is 8.98. The fourth-order valence-electron chi connectivity index (χ4n) is 1.28. The minimum atomic E-state index is -3.56. The van der Waals surface area contributed by atoms with Gasteiger partial charge in [-0.1, -0.05) is 27.5 Å². The zero-order valence-corrected chi connectivity index (χ0v) is 13.8.